The molecule has 1 aromatic rings. The van der Waals surface area contributed by atoms with Crippen molar-refractivity contribution >= 4 is 17.3 Å². The van der Waals surface area contributed by atoms with E-state index in [0.29, 0.717) is 0 Å². The van der Waals surface area contributed by atoms with Gasteiger partial charge in [0.2, 0.25) is 11.6 Å². The zero-order valence-electron chi connectivity index (χ0n) is 10.9. The van der Waals surface area contributed by atoms with Crippen molar-refractivity contribution in [1.29, 1.82) is 0 Å². The fourth-order valence-corrected chi connectivity index (χ4v) is 2.15. The fourth-order valence-electron chi connectivity index (χ4n) is 2.15. The predicted molar refractivity (Wildman–Crippen MR) is 70.3 cm³/mol. The Kier molecular flexibility index (Phi) is 4.10. The minimum absolute atomic E-state index is 0.0409. The molecule has 0 spiro atoms. The molecule has 1 aliphatic heterocycles. The van der Waals surface area contributed by atoms with E-state index in [1.54, 1.807) is 7.05 Å². The molecule has 19 heavy (non-hydrogen) atoms. The second-order valence-electron chi connectivity index (χ2n) is 4.41. The molecule has 2 atom stereocenters. The summed E-state index contributed by atoms with van der Waals surface area (Å²) in [7, 11) is 1.59. The number of ether oxygens (including phenoxy) is 1. The zero-order chi connectivity index (χ0) is 13.8. The van der Waals surface area contributed by atoms with Gasteiger partial charge in [-0.15, -0.1) is 0 Å². The first kappa shape index (κ1) is 13.5. The predicted octanol–water partition coefficient (Wildman–Crippen LogP) is 1.41. The van der Waals surface area contributed by atoms with Crippen molar-refractivity contribution in [2.45, 2.75) is 31.9 Å². The van der Waals surface area contributed by atoms with E-state index in [-0.39, 0.29) is 29.5 Å². The van der Waals surface area contributed by atoms with Gasteiger partial charge in [-0.3, -0.25) is 10.1 Å². The largest absolute Gasteiger partial charge is 0.376 e. The van der Waals surface area contributed by atoms with Gasteiger partial charge in [0.05, 0.1) is 17.1 Å². The molecule has 0 radical (unpaired) electrons. The van der Waals surface area contributed by atoms with Crippen LogP contribution in [-0.4, -0.2) is 40.7 Å². The number of anilines is 2. The van der Waals surface area contributed by atoms with Gasteiger partial charge in [0.25, 0.3) is 0 Å². The van der Waals surface area contributed by atoms with Gasteiger partial charge in [-0.25, -0.2) is 9.97 Å². The summed E-state index contributed by atoms with van der Waals surface area (Å²) in [6, 6.07) is -0.0409. The number of nitrogens with one attached hydrogen (secondary N) is 2. The smallest absolute Gasteiger partial charge is 0.353 e. The number of aromatic nitrogens is 2. The van der Waals surface area contributed by atoms with E-state index >= 15 is 0 Å². The van der Waals surface area contributed by atoms with Gasteiger partial charge in [-0.05, 0) is 19.8 Å². The average Bonchev–Trinajstić information content (AvgIpc) is 2.92. The summed E-state index contributed by atoms with van der Waals surface area (Å²) in [6.45, 7) is 2.67. The Morgan fingerprint density at radius 1 is 1.53 bits per heavy atom. The molecule has 1 fully saturated rings. The highest BCUT2D eigenvalue weighted by Crippen LogP contribution is 2.30. The SMILES string of the molecule is CNc1ncnc(NC(C)C2CCCO2)c1[N+](=O)[O-]. The fraction of sp³-hybridized carbons (Fsp3) is 0.636. The van der Waals surface area contributed by atoms with Gasteiger partial charge in [0.1, 0.15) is 6.33 Å². The lowest BCUT2D eigenvalue weighted by Crippen LogP contribution is -2.30. The second-order valence-corrected chi connectivity index (χ2v) is 4.41. The van der Waals surface area contributed by atoms with Gasteiger partial charge >= 0.3 is 5.69 Å². The molecule has 1 aromatic heterocycles. The summed E-state index contributed by atoms with van der Waals surface area (Å²) in [5.74, 6) is 0.411. The molecular weight excluding hydrogens is 250 g/mol. The topological polar surface area (TPSA) is 102 Å². The third-order valence-corrected chi connectivity index (χ3v) is 3.13. The third kappa shape index (κ3) is 2.90. The first-order chi connectivity index (χ1) is 9.13. The van der Waals surface area contributed by atoms with Crippen LogP contribution in [-0.2, 0) is 4.74 Å². The van der Waals surface area contributed by atoms with Crippen LogP contribution < -0.4 is 10.6 Å². The molecule has 0 aromatic carbocycles. The summed E-state index contributed by atoms with van der Waals surface area (Å²) >= 11 is 0. The highest BCUT2D eigenvalue weighted by Gasteiger charge is 2.27. The Bertz CT molecular complexity index is 462. The number of nitrogens with zero attached hydrogens (tertiary/aromatic N) is 3. The van der Waals surface area contributed by atoms with Crippen molar-refractivity contribution in [3.8, 4) is 0 Å². The summed E-state index contributed by atoms with van der Waals surface area (Å²) in [4.78, 5) is 18.4. The summed E-state index contributed by atoms with van der Waals surface area (Å²) in [5, 5.41) is 16.9. The summed E-state index contributed by atoms with van der Waals surface area (Å²) in [6.07, 6.45) is 3.33. The normalized spacial score (nSPS) is 20.0. The Labute approximate surface area is 110 Å². The first-order valence-electron chi connectivity index (χ1n) is 6.18. The van der Waals surface area contributed by atoms with E-state index in [4.69, 9.17) is 4.74 Å². The van der Waals surface area contributed by atoms with Crippen molar-refractivity contribution < 1.29 is 9.66 Å². The Morgan fingerprint density at radius 3 is 2.84 bits per heavy atom. The van der Waals surface area contributed by atoms with Crippen molar-refractivity contribution in [1.82, 2.24) is 9.97 Å². The highest BCUT2D eigenvalue weighted by atomic mass is 16.6. The van der Waals surface area contributed by atoms with Crippen LogP contribution in [0.5, 0.6) is 0 Å². The van der Waals surface area contributed by atoms with Crippen LogP contribution in [0, 0.1) is 10.1 Å². The van der Waals surface area contributed by atoms with Crippen molar-refractivity contribution in [2.24, 2.45) is 0 Å². The molecule has 8 heteroatoms. The second kappa shape index (κ2) is 5.79. The Hall–Kier alpha value is -1.96. The molecule has 0 amide bonds. The number of nitro groups is 1. The van der Waals surface area contributed by atoms with Crippen LogP contribution in [0.4, 0.5) is 17.3 Å². The molecule has 0 saturated carbocycles. The maximum Gasteiger partial charge on any atom is 0.353 e. The summed E-state index contributed by atoms with van der Waals surface area (Å²) < 4.78 is 5.55. The van der Waals surface area contributed by atoms with Crippen molar-refractivity contribution in [2.75, 3.05) is 24.3 Å². The third-order valence-electron chi connectivity index (χ3n) is 3.13. The molecule has 2 rings (SSSR count). The van der Waals surface area contributed by atoms with Crippen LogP contribution in [0.3, 0.4) is 0 Å². The summed E-state index contributed by atoms with van der Waals surface area (Å²) in [5.41, 5.74) is -0.144. The van der Waals surface area contributed by atoms with E-state index in [0.717, 1.165) is 19.4 Å². The number of hydrogen-bond acceptors (Lipinski definition) is 7. The zero-order valence-corrected chi connectivity index (χ0v) is 10.9. The van der Waals surface area contributed by atoms with E-state index < -0.39 is 4.92 Å². The lowest BCUT2D eigenvalue weighted by molar-refractivity contribution is -0.383. The van der Waals surface area contributed by atoms with E-state index in [2.05, 4.69) is 20.6 Å². The van der Waals surface area contributed by atoms with E-state index in [9.17, 15) is 10.1 Å². The van der Waals surface area contributed by atoms with Crippen molar-refractivity contribution in [3.63, 3.8) is 0 Å². The maximum absolute atomic E-state index is 11.1. The van der Waals surface area contributed by atoms with Crippen LogP contribution in [0.15, 0.2) is 6.33 Å². The van der Waals surface area contributed by atoms with Crippen LogP contribution in [0.1, 0.15) is 19.8 Å². The molecule has 0 bridgehead atoms. The first-order valence-corrected chi connectivity index (χ1v) is 6.18. The molecule has 2 N–H and O–H groups in total. The number of rotatable bonds is 5. The molecule has 1 saturated heterocycles. The quantitative estimate of drug-likeness (QED) is 0.614. The Balaban J connectivity index is 2.21. The van der Waals surface area contributed by atoms with Crippen LogP contribution in [0.2, 0.25) is 0 Å². The minimum Gasteiger partial charge on any atom is -0.376 e. The molecule has 104 valence electrons. The Morgan fingerprint density at radius 2 is 2.26 bits per heavy atom. The molecular formula is C11H17N5O3. The van der Waals surface area contributed by atoms with Gasteiger partial charge in [0, 0.05) is 13.7 Å². The standard InChI is InChI=1S/C11H17N5O3/c1-7(8-4-3-5-19-8)15-11-9(16(17)18)10(12-2)13-6-14-11/h6-8H,3-5H2,1-2H3,(H2,12,13,14,15). The van der Waals surface area contributed by atoms with E-state index in [1.807, 2.05) is 6.92 Å². The molecule has 2 heterocycles. The van der Waals surface area contributed by atoms with E-state index in [1.165, 1.54) is 6.33 Å². The van der Waals surface area contributed by atoms with Gasteiger partial charge in [0.15, 0.2) is 0 Å². The monoisotopic (exact) mass is 267 g/mol. The molecule has 0 aliphatic carbocycles. The van der Waals surface area contributed by atoms with Crippen LogP contribution in [0.25, 0.3) is 0 Å². The highest BCUT2D eigenvalue weighted by molar-refractivity contribution is 5.69. The maximum atomic E-state index is 11.1. The van der Waals surface area contributed by atoms with Crippen LogP contribution >= 0.6 is 0 Å². The van der Waals surface area contributed by atoms with Crippen molar-refractivity contribution in [3.05, 3.63) is 16.4 Å². The lowest BCUT2D eigenvalue weighted by atomic mass is 10.1. The molecule has 1 aliphatic rings. The average molecular weight is 267 g/mol. The molecule has 8 nitrogen and oxygen atoms in total. The number of hydrogen-bond donors (Lipinski definition) is 2. The van der Waals surface area contributed by atoms with Gasteiger partial charge in [-0.2, -0.15) is 0 Å². The minimum atomic E-state index is -0.490. The molecule has 2 unspecified atom stereocenters. The lowest BCUT2D eigenvalue weighted by Gasteiger charge is -2.20. The van der Waals surface area contributed by atoms with Gasteiger partial charge < -0.3 is 15.4 Å². The van der Waals surface area contributed by atoms with Gasteiger partial charge in [-0.1, -0.05) is 0 Å².